The molecule has 1 aromatic heterocycles. The third-order valence-corrected chi connectivity index (χ3v) is 10.7. The number of ether oxygens (including phenoxy) is 2. The number of nitrogens with zero attached hydrogens (tertiary/aromatic N) is 2. The van der Waals surface area contributed by atoms with Crippen molar-refractivity contribution in [3.05, 3.63) is 168 Å². The van der Waals surface area contributed by atoms with Crippen LogP contribution in [-0.4, -0.2) is 11.3 Å². The van der Waals surface area contributed by atoms with E-state index >= 15 is 0 Å². The molecule has 7 aromatic carbocycles. The molecule has 11 rings (SSSR count). The summed E-state index contributed by atoms with van der Waals surface area (Å²) in [5.74, 6) is 3.15. The Bertz CT molecular complexity index is 2730. The second-order valence-corrected chi connectivity index (χ2v) is 13.1. The first-order valence-electron chi connectivity index (χ1n) is 16.6. The fraction of sp³-hybridized carbons (Fsp3) is 0.0227. The molecule has 0 amide bonds. The molecule has 3 heterocycles. The van der Waals surface area contributed by atoms with E-state index in [1.165, 1.54) is 27.8 Å². The van der Waals surface area contributed by atoms with Gasteiger partial charge in [-0.2, -0.15) is 5.26 Å². The van der Waals surface area contributed by atoms with Crippen LogP contribution in [0, 0.1) is 11.3 Å². The van der Waals surface area contributed by atoms with Crippen molar-refractivity contribution in [1.82, 2.24) is 4.57 Å². The molecule has 0 fully saturated rings. The highest BCUT2D eigenvalue weighted by Crippen LogP contribution is 2.50. The summed E-state index contributed by atoms with van der Waals surface area (Å²) in [4.78, 5) is 0. The van der Waals surface area contributed by atoms with Crippen molar-refractivity contribution >= 4 is 44.9 Å². The van der Waals surface area contributed by atoms with Crippen LogP contribution in [0.25, 0.3) is 38.6 Å². The van der Waals surface area contributed by atoms with Crippen LogP contribution in [0.3, 0.4) is 0 Å². The maximum Gasteiger partial charge on any atom is 0.260 e. The van der Waals surface area contributed by atoms with Crippen LogP contribution in [0.1, 0.15) is 28.2 Å². The molecule has 2 aliphatic heterocycles. The van der Waals surface area contributed by atoms with Gasteiger partial charge in [0.15, 0.2) is 0 Å². The lowest BCUT2D eigenvalue weighted by Crippen LogP contribution is -2.57. The van der Waals surface area contributed by atoms with Gasteiger partial charge in [0.25, 0.3) is 6.71 Å². The minimum absolute atomic E-state index is 0.0439. The van der Waals surface area contributed by atoms with E-state index in [-0.39, 0.29) is 12.6 Å². The molecule has 4 nitrogen and oxygen atoms in total. The van der Waals surface area contributed by atoms with Crippen LogP contribution >= 0.6 is 0 Å². The Morgan fingerprint density at radius 1 is 0.551 bits per heavy atom. The fourth-order valence-corrected chi connectivity index (χ4v) is 8.71. The SMILES string of the molecule is N#Cc1cc2c(cc1-n1c3ccccc3c3cccc(C4c5ccccc5-c5ccccc54)c31)B1c3ccccc3Oc3cccc(c31)O2. The molecule has 3 aliphatic rings. The molecule has 8 aromatic rings. The molecule has 0 spiro atoms. The van der Waals surface area contributed by atoms with Crippen LogP contribution in [-0.2, 0) is 0 Å². The van der Waals surface area contributed by atoms with Crippen molar-refractivity contribution < 1.29 is 9.47 Å². The van der Waals surface area contributed by atoms with E-state index in [0.717, 1.165) is 61.1 Å². The lowest BCUT2D eigenvalue weighted by atomic mass is 9.35. The zero-order valence-electron chi connectivity index (χ0n) is 26.2. The normalized spacial score (nSPS) is 13.5. The number of rotatable bonds is 2. The Hall–Kier alpha value is -6.51. The Morgan fingerprint density at radius 2 is 1.16 bits per heavy atom. The highest BCUT2D eigenvalue weighted by Gasteiger charge is 2.41. The summed E-state index contributed by atoms with van der Waals surface area (Å²) in [5, 5.41) is 13.1. The second kappa shape index (κ2) is 9.76. The Balaban J connectivity index is 1.23. The second-order valence-electron chi connectivity index (χ2n) is 13.1. The Morgan fingerprint density at radius 3 is 1.96 bits per heavy atom. The van der Waals surface area contributed by atoms with E-state index in [2.05, 4.69) is 120 Å². The topological polar surface area (TPSA) is 47.2 Å². The maximum atomic E-state index is 10.8. The van der Waals surface area contributed by atoms with E-state index in [9.17, 15) is 5.26 Å². The van der Waals surface area contributed by atoms with Crippen molar-refractivity contribution in [1.29, 1.82) is 5.26 Å². The molecule has 1 aliphatic carbocycles. The Kier molecular flexibility index (Phi) is 5.29. The first kappa shape index (κ1) is 26.6. The number of fused-ring (bicyclic) bond motifs is 10. The monoisotopic (exact) mass is 624 g/mol. The highest BCUT2D eigenvalue weighted by atomic mass is 16.5. The van der Waals surface area contributed by atoms with Gasteiger partial charge in [-0.3, -0.25) is 0 Å². The van der Waals surface area contributed by atoms with Crippen molar-refractivity contribution in [3.63, 3.8) is 0 Å². The molecule has 0 atom stereocenters. The molecule has 0 N–H and O–H groups in total. The fourth-order valence-electron chi connectivity index (χ4n) is 8.71. The first-order chi connectivity index (χ1) is 24.3. The third-order valence-electron chi connectivity index (χ3n) is 10.7. The predicted molar refractivity (Wildman–Crippen MR) is 196 cm³/mol. The van der Waals surface area contributed by atoms with Gasteiger partial charge in [0, 0.05) is 28.2 Å². The van der Waals surface area contributed by atoms with Crippen LogP contribution in [0.4, 0.5) is 0 Å². The Labute approximate surface area is 283 Å². The van der Waals surface area contributed by atoms with E-state index in [4.69, 9.17) is 9.47 Å². The molecular weight excluding hydrogens is 599 g/mol. The van der Waals surface area contributed by atoms with Crippen molar-refractivity contribution in [2.75, 3.05) is 0 Å². The van der Waals surface area contributed by atoms with Crippen LogP contribution in [0.2, 0.25) is 0 Å². The molecule has 0 bridgehead atoms. The van der Waals surface area contributed by atoms with Crippen LogP contribution in [0.15, 0.2) is 146 Å². The van der Waals surface area contributed by atoms with Crippen LogP contribution < -0.4 is 25.9 Å². The van der Waals surface area contributed by atoms with Crippen molar-refractivity contribution in [2.24, 2.45) is 0 Å². The zero-order valence-corrected chi connectivity index (χ0v) is 26.2. The van der Waals surface area contributed by atoms with Gasteiger partial charge in [-0.05, 0) is 69.1 Å². The third kappa shape index (κ3) is 3.53. The van der Waals surface area contributed by atoms with Crippen molar-refractivity contribution in [2.45, 2.75) is 5.92 Å². The standard InChI is InChI=1S/C44H25BN2O2/c46-25-26-23-41-35(45-34-18-6-8-20-38(34)48-39-21-10-22-40(49-41)43(39)45)24-37(26)47-36-19-7-5-13-29(36)32-16-9-17-33(44(32)47)42-30-14-3-1-11-27(30)28-12-2-4-15-31(28)42/h1-24,42H. The summed E-state index contributed by atoms with van der Waals surface area (Å²) >= 11 is 0. The van der Waals surface area contributed by atoms with Gasteiger partial charge in [0.05, 0.1) is 22.3 Å². The summed E-state index contributed by atoms with van der Waals surface area (Å²) < 4.78 is 15.3. The number of hydrogen-bond donors (Lipinski definition) is 0. The summed E-state index contributed by atoms with van der Waals surface area (Å²) in [6.07, 6.45) is 0. The minimum atomic E-state index is -0.104. The molecule has 0 radical (unpaired) electrons. The summed E-state index contributed by atoms with van der Waals surface area (Å²) in [6, 6.07) is 53.6. The minimum Gasteiger partial charge on any atom is -0.458 e. The molecule has 0 unspecified atom stereocenters. The van der Waals surface area contributed by atoms with Crippen LogP contribution in [0.5, 0.6) is 23.0 Å². The largest absolute Gasteiger partial charge is 0.458 e. The smallest absolute Gasteiger partial charge is 0.260 e. The predicted octanol–water partition coefficient (Wildman–Crippen LogP) is 8.54. The average Bonchev–Trinajstić information content (AvgIpc) is 3.67. The zero-order chi connectivity index (χ0) is 32.2. The van der Waals surface area contributed by atoms with Gasteiger partial charge in [0.1, 0.15) is 29.1 Å². The number of hydrogen-bond acceptors (Lipinski definition) is 3. The molecule has 0 saturated heterocycles. The molecule has 0 saturated carbocycles. The first-order valence-corrected chi connectivity index (χ1v) is 16.6. The molecule has 5 heteroatoms. The highest BCUT2D eigenvalue weighted by molar-refractivity contribution is 6.98. The quantitative estimate of drug-likeness (QED) is 0.181. The van der Waals surface area contributed by atoms with Gasteiger partial charge in [0.2, 0.25) is 0 Å². The maximum absolute atomic E-state index is 10.8. The van der Waals surface area contributed by atoms with Gasteiger partial charge >= 0.3 is 0 Å². The van der Waals surface area contributed by atoms with Crippen molar-refractivity contribution in [3.8, 4) is 45.9 Å². The van der Waals surface area contributed by atoms with Gasteiger partial charge in [-0.15, -0.1) is 0 Å². The molecule has 49 heavy (non-hydrogen) atoms. The van der Waals surface area contributed by atoms with E-state index < -0.39 is 0 Å². The van der Waals surface area contributed by atoms with Gasteiger partial charge in [-0.1, -0.05) is 109 Å². The molecule has 226 valence electrons. The lowest BCUT2D eigenvalue weighted by molar-refractivity contribution is 0.464. The van der Waals surface area contributed by atoms with Gasteiger partial charge < -0.3 is 14.0 Å². The number of aromatic nitrogens is 1. The van der Waals surface area contributed by atoms with E-state index in [1.807, 2.05) is 36.4 Å². The van der Waals surface area contributed by atoms with E-state index in [1.54, 1.807) is 0 Å². The average molecular weight is 625 g/mol. The number of para-hydroxylation sites is 3. The summed E-state index contributed by atoms with van der Waals surface area (Å²) in [6.45, 7) is -0.104. The lowest BCUT2D eigenvalue weighted by Gasteiger charge is -2.33. The molecular formula is C44H25BN2O2. The number of benzene rings is 7. The summed E-state index contributed by atoms with van der Waals surface area (Å²) in [7, 11) is 0. The van der Waals surface area contributed by atoms with Gasteiger partial charge in [-0.25, -0.2) is 0 Å². The van der Waals surface area contributed by atoms with E-state index in [0.29, 0.717) is 11.3 Å². The summed E-state index contributed by atoms with van der Waals surface area (Å²) in [5.41, 5.74) is 13.1. The number of nitriles is 1.